The molecule has 1 heterocycles. The van der Waals surface area contributed by atoms with E-state index in [0.29, 0.717) is 5.39 Å². The van der Waals surface area contributed by atoms with Crippen LogP contribution in [0.3, 0.4) is 0 Å². The first-order valence-electron chi connectivity index (χ1n) is 5.02. The van der Waals surface area contributed by atoms with Gasteiger partial charge in [-0.2, -0.15) is 0 Å². The Kier molecular flexibility index (Phi) is 2.91. The average Bonchev–Trinajstić information content (AvgIpc) is 2.28. The van der Waals surface area contributed by atoms with E-state index in [4.69, 9.17) is 9.15 Å². The van der Waals surface area contributed by atoms with Crippen LogP contribution in [0.15, 0.2) is 33.5 Å². The fourth-order valence-electron chi connectivity index (χ4n) is 1.47. The Morgan fingerprint density at radius 1 is 1.41 bits per heavy atom. The monoisotopic (exact) mass is 236 g/mol. The number of rotatable bonds is 2. The van der Waals surface area contributed by atoms with E-state index >= 15 is 0 Å². The number of carbonyl (C=O) groups is 1. The van der Waals surface area contributed by atoms with E-state index in [0.717, 1.165) is 12.1 Å². The normalized spacial score (nSPS) is 10.5. The maximum Gasteiger partial charge on any atom is 0.374 e. The molecule has 5 heteroatoms. The number of halogens is 1. The second-order valence-corrected chi connectivity index (χ2v) is 3.35. The predicted molar refractivity (Wildman–Crippen MR) is 58.4 cm³/mol. The van der Waals surface area contributed by atoms with Crippen molar-refractivity contribution < 1.29 is 18.3 Å². The molecule has 0 amide bonds. The number of esters is 1. The third-order valence-electron chi connectivity index (χ3n) is 2.20. The van der Waals surface area contributed by atoms with Gasteiger partial charge in [0.2, 0.25) is 5.76 Å². The molecule has 0 bridgehead atoms. The van der Waals surface area contributed by atoms with Crippen molar-refractivity contribution in [2.45, 2.75) is 6.92 Å². The van der Waals surface area contributed by atoms with Crippen molar-refractivity contribution in [1.29, 1.82) is 0 Å². The molecule has 0 aliphatic carbocycles. The van der Waals surface area contributed by atoms with Crippen molar-refractivity contribution in [3.05, 3.63) is 46.3 Å². The molecule has 0 aliphatic heterocycles. The van der Waals surface area contributed by atoms with Crippen LogP contribution >= 0.6 is 0 Å². The zero-order chi connectivity index (χ0) is 12.4. The summed E-state index contributed by atoms with van der Waals surface area (Å²) < 4.78 is 22.5. The lowest BCUT2D eigenvalue weighted by Crippen LogP contribution is -2.10. The van der Waals surface area contributed by atoms with Gasteiger partial charge in [-0.15, -0.1) is 0 Å². The first-order chi connectivity index (χ1) is 8.11. The minimum absolute atomic E-state index is 0.170. The fraction of sp³-hybridized carbons (Fsp3) is 0.167. The lowest BCUT2D eigenvalue weighted by Gasteiger charge is -2.02. The van der Waals surface area contributed by atoms with E-state index < -0.39 is 17.4 Å². The highest BCUT2D eigenvalue weighted by Gasteiger charge is 2.13. The number of hydrogen-bond acceptors (Lipinski definition) is 4. The fourth-order valence-corrected chi connectivity index (χ4v) is 1.47. The van der Waals surface area contributed by atoms with Crippen LogP contribution in [-0.2, 0) is 4.74 Å². The van der Waals surface area contributed by atoms with Crippen LogP contribution in [0.1, 0.15) is 17.5 Å². The molecule has 2 aromatic rings. The lowest BCUT2D eigenvalue weighted by atomic mass is 10.1. The number of carbonyl (C=O) groups excluding carboxylic acids is 1. The van der Waals surface area contributed by atoms with Gasteiger partial charge in [0.1, 0.15) is 5.82 Å². The summed E-state index contributed by atoms with van der Waals surface area (Å²) in [7, 11) is 0. The average molecular weight is 236 g/mol. The van der Waals surface area contributed by atoms with Crippen LogP contribution in [0.2, 0.25) is 0 Å². The molecular weight excluding hydrogens is 227 g/mol. The molecule has 0 spiro atoms. The molecule has 2 rings (SSSR count). The van der Waals surface area contributed by atoms with Gasteiger partial charge in [-0.25, -0.2) is 14.0 Å². The van der Waals surface area contributed by atoms with Gasteiger partial charge in [-0.1, -0.05) is 0 Å². The molecule has 17 heavy (non-hydrogen) atoms. The first kappa shape index (κ1) is 11.3. The minimum Gasteiger partial charge on any atom is -0.460 e. The van der Waals surface area contributed by atoms with E-state index in [1.54, 1.807) is 6.92 Å². The first-order valence-corrected chi connectivity index (χ1v) is 5.02. The summed E-state index contributed by atoms with van der Waals surface area (Å²) in [5.74, 6) is -1.45. The third-order valence-corrected chi connectivity index (χ3v) is 2.20. The van der Waals surface area contributed by atoms with E-state index in [1.165, 1.54) is 12.1 Å². The molecule has 4 nitrogen and oxygen atoms in total. The predicted octanol–water partition coefficient (Wildman–Crippen LogP) is 2.11. The minimum atomic E-state index is -0.740. The van der Waals surface area contributed by atoms with Gasteiger partial charge in [-0.05, 0) is 36.6 Å². The van der Waals surface area contributed by atoms with Crippen molar-refractivity contribution >= 4 is 16.7 Å². The summed E-state index contributed by atoms with van der Waals surface area (Å²) in [6.45, 7) is 1.81. The molecule has 0 saturated heterocycles. The number of ether oxygens (including phenoxy) is 1. The Labute approximate surface area is 95.6 Å². The second kappa shape index (κ2) is 4.37. The van der Waals surface area contributed by atoms with Crippen molar-refractivity contribution in [2.24, 2.45) is 0 Å². The highest BCUT2D eigenvalue weighted by Crippen LogP contribution is 2.14. The van der Waals surface area contributed by atoms with Gasteiger partial charge in [0.05, 0.1) is 12.0 Å². The summed E-state index contributed by atoms with van der Waals surface area (Å²) in [5.41, 5.74) is -0.689. The Hall–Kier alpha value is -2.17. The summed E-state index contributed by atoms with van der Waals surface area (Å²) in [6.07, 6.45) is 0. The van der Waals surface area contributed by atoms with E-state index in [2.05, 4.69) is 0 Å². The van der Waals surface area contributed by atoms with Crippen LogP contribution in [-0.4, -0.2) is 12.6 Å². The standard InChI is InChI=1S/C12H9FO4/c1-2-16-12(15)10-6-7-5-8(13)3-4-9(7)11(14)17-10/h3-6H,2H2,1H3. The van der Waals surface area contributed by atoms with Gasteiger partial charge in [0, 0.05) is 0 Å². The highest BCUT2D eigenvalue weighted by molar-refractivity contribution is 5.91. The smallest absolute Gasteiger partial charge is 0.374 e. The maximum atomic E-state index is 13.0. The molecule has 1 aromatic heterocycles. The largest absolute Gasteiger partial charge is 0.460 e. The SMILES string of the molecule is CCOC(=O)c1cc2cc(F)ccc2c(=O)o1. The van der Waals surface area contributed by atoms with Crippen LogP contribution in [0.4, 0.5) is 4.39 Å². The molecule has 0 atom stereocenters. The molecule has 0 unspecified atom stereocenters. The van der Waals surface area contributed by atoms with Crippen molar-refractivity contribution in [3.8, 4) is 0 Å². The Balaban J connectivity index is 2.61. The molecular formula is C12H9FO4. The Morgan fingerprint density at radius 2 is 2.18 bits per heavy atom. The molecule has 0 aliphatic rings. The summed E-state index contributed by atoms with van der Waals surface area (Å²) in [6, 6.07) is 4.92. The molecule has 0 saturated carbocycles. The van der Waals surface area contributed by atoms with Crippen molar-refractivity contribution in [2.75, 3.05) is 6.61 Å². The van der Waals surface area contributed by atoms with E-state index in [9.17, 15) is 14.0 Å². The van der Waals surface area contributed by atoms with Gasteiger partial charge >= 0.3 is 11.6 Å². The van der Waals surface area contributed by atoms with E-state index in [-0.39, 0.29) is 17.8 Å². The number of hydrogen-bond donors (Lipinski definition) is 0. The molecule has 0 radical (unpaired) electrons. The van der Waals surface area contributed by atoms with E-state index in [1.807, 2.05) is 0 Å². The summed E-state index contributed by atoms with van der Waals surface area (Å²) in [5, 5.41) is 0.531. The van der Waals surface area contributed by atoms with Crippen LogP contribution in [0.25, 0.3) is 10.8 Å². The molecule has 0 N–H and O–H groups in total. The second-order valence-electron chi connectivity index (χ2n) is 3.35. The van der Waals surface area contributed by atoms with Crippen LogP contribution in [0.5, 0.6) is 0 Å². The summed E-state index contributed by atoms with van der Waals surface area (Å²) >= 11 is 0. The van der Waals surface area contributed by atoms with Gasteiger partial charge < -0.3 is 9.15 Å². The van der Waals surface area contributed by atoms with Gasteiger partial charge in [0.25, 0.3) is 0 Å². The molecule has 0 fully saturated rings. The quantitative estimate of drug-likeness (QED) is 0.749. The van der Waals surface area contributed by atoms with Gasteiger partial charge in [0.15, 0.2) is 0 Å². The van der Waals surface area contributed by atoms with Crippen LogP contribution < -0.4 is 5.63 Å². The molecule has 1 aromatic carbocycles. The zero-order valence-corrected chi connectivity index (χ0v) is 9.03. The highest BCUT2D eigenvalue weighted by atomic mass is 19.1. The number of benzene rings is 1. The number of fused-ring (bicyclic) bond motifs is 1. The lowest BCUT2D eigenvalue weighted by molar-refractivity contribution is 0.0485. The Bertz CT molecular complexity index is 630. The van der Waals surface area contributed by atoms with Crippen molar-refractivity contribution in [3.63, 3.8) is 0 Å². The van der Waals surface area contributed by atoms with Crippen molar-refractivity contribution in [1.82, 2.24) is 0 Å². The zero-order valence-electron chi connectivity index (χ0n) is 9.03. The maximum absolute atomic E-state index is 13.0. The third kappa shape index (κ3) is 2.18. The molecule has 88 valence electrons. The Morgan fingerprint density at radius 3 is 2.88 bits per heavy atom. The summed E-state index contributed by atoms with van der Waals surface area (Å²) in [4.78, 5) is 22.9. The van der Waals surface area contributed by atoms with Gasteiger partial charge in [-0.3, -0.25) is 0 Å². The topological polar surface area (TPSA) is 56.5 Å². The van der Waals surface area contributed by atoms with Crippen LogP contribution in [0, 0.1) is 5.82 Å².